The first-order valence-electron chi connectivity index (χ1n) is 7.22. The van der Waals surface area contributed by atoms with Crippen molar-refractivity contribution in [1.29, 1.82) is 0 Å². The van der Waals surface area contributed by atoms with Gasteiger partial charge in [0.2, 0.25) is 5.78 Å². The fourth-order valence-corrected chi connectivity index (χ4v) is 3.36. The zero-order valence-corrected chi connectivity index (χ0v) is 13.9. The summed E-state index contributed by atoms with van der Waals surface area (Å²) in [4.78, 5) is 25.5. The van der Waals surface area contributed by atoms with E-state index in [-0.39, 0.29) is 11.6 Å². The normalized spacial score (nSPS) is 13.0. The van der Waals surface area contributed by atoms with Gasteiger partial charge < -0.3 is 4.57 Å². The van der Waals surface area contributed by atoms with Crippen molar-refractivity contribution in [2.45, 2.75) is 0 Å². The molecule has 4 rings (SSSR count). The first-order valence-corrected chi connectivity index (χ1v) is 8.01. The minimum absolute atomic E-state index is 0.0887. The maximum absolute atomic E-state index is 12.8. The molecular weight excluding hydrogens is 354 g/mol. The number of hydrogen-bond acceptors (Lipinski definition) is 2. The van der Waals surface area contributed by atoms with Gasteiger partial charge in [-0.2, -0.15) is 0 Å². The summed E-state index contributed by atoms with van der Waals surface area (Å²) in [6, 6.07) is 16.6. The van der Waals surface area contributed by atoms with E-state index < -0.39 is 0 Å². The van der Waals surface area contributed by atoms with Crippen LogP contribution in [0.4, 0.5) is 0 Å². The standard InChI is InChI=1S/C19H12BrNO2/c1-21-16(11-6-8-12(20)9-7-11)10-15-17(21)19(23)14-5-3-2-4-13(14)18(15)22/h2-10H,1H3. The van der Waals surface area contributed by atoms with E-state index in [1.807, 2.05) is 41.9 Å². The zero-order valence-electron chi connectivity index (χ0n) is 12.3. The van der Waals surface area contributed by atoms with Crippen molar-refractivity contribution < 1.29 is 9.59 Å². The molecule has 0 radical (unpaired) electrons. The number of hydrogen-bond donors (Lipinski definition) is 0. The summed E-state index contributed by atoms with van der Waals surface area (Å²) in [7, 11) is 1.83. The highest BCUT2D eigenvalue weighted by Gasteiger charge is 2.33. The molecule has 1 aliphatic carbocycles. The average molecular weight is 366 g/mol. The lowest BCUT2D eigenvalue weighted by molar-refractivity contribution is 0.0974. The molecule has 3 nitrogen and oxygen atoms in total. The van der Waals surface area contributed by atoms with E-state index in [0.717, 1.165) is 15.7 Å². The van der Waals surface area contributed by atoms with E-state index in [0.29, 0.717) is 22.4 Å². The van der Waals surface area contributed by atoms with Crippen molar-refractivity contribution in [2.24, 2.45) is 7.05 Å². The van der Waals surface area contributed by atoms with Gasteiger partial charge in [0.25, 0.3) is 0 Å². The molecule has 0 saturated heterocycles. The Hall–Kier alpha value is -2.46. The van der Waals surface area contributed by atoms with Crippen molar-refractivity contribution in [3.05, 3.63) is 81.5 Å². The molecule has 0 atom stereocenters. The Balaban J connectivity index is 1.95. The van der Waals surface area contributed by atoms with Gasteiger partial charge in [-0.1, -0.05) is 52.3 Å². The fourth-order valence-electron chi connectivity index (χ4n) is 3.10. The number of ketones is 2. The third-order valence-corrected chi connectivity index (χ3v) is 4.78. The summed E-state index contributed by atoms with van der Waals surface area (Å²) in [5.41, 5.74) is 3.74. The molecule has 1 heterocycles. The van der Waals surface area contributed by atoms with Crippen LogP contribution >= 0.6 is 15.9 Å². The van der Waals surface area contributed by atoms with Crippen LogP contribution in [0.3, 0.4) is 0 Å². The Morgan fingerprint density at radius 3 is 2.09 bits per heavy atom. The number of fused-ring (bicyclic) bond motifs is 2. The van der Waals surface area contributed by atoms with Gasteiger partial charge in [0.1, 0.15) is 5.69 Å². The van der Waals surface area contributed by atoms with E-state index in [2.05, 4.69) is 15.9 Å². The Morgan fingerprint density at radius 1 is 0.826 bits per heavy atom. The average Bonchev–Trinajstić information content (AvgIpc) is 2.91. The molecule has 0 aliphatic heterocycles. The predicted molar refractivity (Wildman–Crippen MR) is 91.9 cm³/mol. The summed E-state index contributed by atoms with van der Waals surface area (Å²) in [5.74, 6) is -0.185. The van der Waals surface area contributed by atoms with E-state index in [1.165, 1.54) is 0 Å². The van der Waals surface area contributed by atoms with Crippen LogP contribution in [0.1, 0.15) is 32.0 Å². The molecule has 0 N–H and O–H groups in total. The van der Waals surface area contributed by atoms with Crippen molar-refractivity contribution in [3.8, 4) is 11.3 Å². The van der Waals surface area contributed by atoms with Crippen molar-refractivity contribution in [1.82, 2.24) is 4.57 Å². The number of carbonyl (C=O) groups excluding carboxylic acids is 2. The molecular formula is C19H12BrNO2. The Morgan fingerprint density at radius 2 is 1.43 bits per heavy atom. The zero-order chi connectivity index (χ0) is 16.1. The second kappa shape index (κ2) is 5.03. The molecule has 0 fully saturated rings. The summed E-state index contributed by atoms with van der Waals surface area (Å²) in [6.45, 7) is 0. The van der Waals surface area contributed by atoms with E-state index in [1.54, 1.807) is 24.3 Å². The second-order valence-electron chi connectivity index (χ2n) is 5.56. The maximum atomic E-state index is 12.8. The van der Waals surface area contributed by atoms with Gasteiger partial charge in [-0.15, -0.1) is 0 Å². The molecule has 0 bridgehead atoms. The third kappa shape index (κ3) is 2.02. The molecule has 3 aromatic rings. The van der Waals surface area contributed by atoms with Gasteiger partial charge in [-0.05, 0) is 23.8 Å². The minimum atomic E-state index is -0.0962. The van der Waals surface area contributed by atoms with Crippen molar-refractivity contribution >= 4 is 27.5 Å². The topological polar surface area (TPSA) is 39.1 Å². The van der Waals surface area contributed by atoms with Crippen LogP contribution in [-0.2, 0) is 7.05 Å². The van der Waals surface area contributed by atoms with Gasteiger partial charge in [0, 0.05) is 28.3 Å². The molecule has 0 saturated carbocycles. The highest BCUT2D eigenvalue weighted by molar-refractivity contribution is 9.10. The van der Waals surface area contributed by atoms with Crippen LogP contribution in [0.2, 0.25) is 0 Å². The van der Waals surface area contributed by atoms with Gasteiger partial charge in [-0.25, -0.2) is 0 Å². The maximum Gasteiger partial charge on any atom is 0.210 e. The quantitative estimate of drug-likeness (QED) is 0.506. The summed E-state index contributed by atoms with van der Waals surface area (Å²) in [6.07, 6.45) is 0. The second-order valence-corrected chi connectivity index (χ2v) is 6.48. The van der Waals surface area contributed by atoms with Gasteiger partial charge >= 0.3 is 0 Å². The molecule has 112 valence electrons. The Bertz CT molecular complexity index is 968. The number of aromatic nitrogens is 1. The molecule has 23 heavy (non-hydrogen) atoms. The molecule has 0 spiro atoms. The first-order chi connectivity index (χ1) is 11.1. The van der Waals surface area contributed by atoms with Gasteiger partial charge in [0.15, 0.2) is 5.78 Å². The molecule has 2 aromatic carbocycles. The summed E-state index contributed by atoms with van der Waals surface area (Å²) < 4.78 is 2.80. The summed E-state index contributed by atoms with van der Waals surface area (Å²) in [5, 5.41) is 0. The first kappa shape index (κ1) is 14.2. The predicted octanol–water partition coefficient (Wildman–Crippen LogP) is 4.23. The Labute approximate surface area is 141 Å². The largest absolute Gasteiger partial charge is 0.340 e. The SMILES string of the molecule is Cn1c(-c2ccc(Br)cc2)cc2c1C(=O)c1ccccc1C2=O. The fraction of sp³-hybridized carbons (Fsp3) is 0.0526. The number of rotatable bonds is 1. The lowest BCUT2D eigenvalue weighted by Crippen LogP contribution is -2.21. The monoisotopic (exact) mass is 365 g/mol. The van der Waals surface area contributed by atoms with Gasteiger partial charge in [0.05, 0.1) is 5.56 Å². The number of carbonyl (C=O) groups is 2. The van der Waals surface area contributed by atoms with E-state index >= 15 is 0 Å². The van der Waals surface area contributed by atoms with E-state index in [4.69, 9.17) is 0 Å². The van der Waals surface area contributed by atoms with Gasteiger partial charge in [-0.3, -0.25) is 9.59 Å². The number of halogens is 1. The molecule has 1 aromatic heterocycles. The van der Waals surface area contributed by atoms with Crippen LogP contribution in [-0.4, -0.2) is 16.1 Å². The lowest BCUT2D eigenvalue weighted by atomic mass is 9.88. The van der Waals surface area contributed by atoms with Crippen molar-refractivity contribution in [3.63, 3.8) is 0 Å². The lowest BCUT2D eigenvalue weighted by Gasteiger charge is -2.15. The third-order valence-electron chi connectivity index (χ3n) is 4.25. The van der Waals surface area contributed by atoms with Crippen LogP contribution < -0.4 is 0 Å². The van der Waals surface area contributed by atoms with Crippen LogP contribution in [0, 0.1) is 0 Å². The highest BCUT2D eigenvalue weighted by Crippen LogP contribution is 2.33. The molecule has 0 amide bonds. The van der Waals surface area contributed by atoms with Crippen molar-refractivity contribution in [2.75, 3.05) is 0 Å². The van der Waals surface area contributed by atoms with E-state index in [9.17, 15) is 9.59 Å². The number of nitrogens with zero attached hydrogens (tertiary/aromatic N) is 1. The van der Waals surface area contributed by atoms with Crippen LogP contribution in [0.25, 0.3) is 11.3 Å². The smallest absolute Gasteiger partial charge is 0.210 e. The minimum Gasteiger partial charge on any atom is -0.340 e. The van der Waals surface area contributed by atoms with Crippen LogP contribution in [0.15, 0.2) is 59.1 Å². The molecule has 1 aliphatic rings. The number of benzene rings is 2. The highest BCUT2D eigenvalue weighted by atomic mass is 79.9. The molecule has 0 unspecified atom stereocenters. The van der Waals surface area contributed by atoms with Crippen LogP contribution in [0.5, 0.6) is 0 Å². The summed E-state index contributed by atoms with van der Waals surface area (Å²) >= 11 is 3.42. The molecule has 4 heteroatoms. The Kier molecular flexibility index (Phi) is 3.10.